The molecule has 10 heavy (non-hydrogen) atoms. The summed E-state index contributed by atoms with van der Waals surface area (Å²) >= 11 is 1.47. The van der Waals surface area contributed by atoms with Crippen molar-refractivity contribution in [3.05, 3.63) is 22.4 Å². The molecule has 0 bridgehead atoms. The van der Waals surface area contributed by atoms with Gasteiger partial charge in [-0.2, -0.15) is 0 Å². The van der Waals surface area contributed by atoms with Crippen LogP contribution in [-0.2, 0) is 0 Å². The lowest BCUT2D eigenvalue weighted by molar-refractivity contribution is -0.392. The lowest BCUT2D eigenvalue weighted by atomic mass is 10.2. The molecule has 0 radical (unpaired) electrons. The molecule has 3 N–H and O–H groups in total. The summed E-state index contributed by atoms with van der Waals surface area (Å²) in [5.41, 5.74) is 3.65. The number of Topliss-reactive ketones (excluding diaryl/α,β-unsaturated/α-hetero) is 1. The fourth-order valence-corrected chi connectivity index (χ4v) is 1.44. The van der Waals surface area contributed by atoms with Gasteiger partial charge in [0.05, 0.1) is 4.88 Å². The molecular formula is C7H10NOS+. The van der Waals surface area contributed by atoms with Gasteiger partial charge in [0.1, 0.15) is 6.04 Å². The Morgan fingerprint density at radius 3 is 2.90 bits per heavy atom. The fourth-order valence-electron chi connectivity index (χ4n) is 0.662. The van der Waals surface area contributed by atoms with Crippen LogP contribution in [0.25, 0.3) is 0 Å². The summed E-state index contributed by atoms with van der Waals surface area (Å²) in [6.07, 6.45) is 0. The molecule has 1 aromatic rings. The van der Waals surface area contributed by atoms with Crippen molar-refractivity contribution < 1.29 is 10.5 Å². The quantitative estimate of drug-likeness (QED) is 0.625. The lowest BCUT2D eigenvalue weighted by Gasteiger charge is -1.95. The van der Waals surface area contributed by atoms with Crippen LogP contribution in [0.1, 0.15) is 16.6 Å². The Hall–Kier alpha value is -0.670. The Morgan fingerprint density at radius 2 is 2.50 bits per heavy atom. The largest absolute Gasteiger partial charge is 0.349 e. The summed E-state index contributed by atoms with van der Waals surface area (Å²) in [6, 6.07) is 3.58. The lowest BCUT2D eigenvalue weighted by Crippen LogP contribution is -2.62. The number of thiophene rings is 1. The molecule has 0 aliphatic rings. The number of carbonyl (C=O) groups is 1. The average molecular weight is 156 g/mol. The molecule has 0 fully saturated rings. The number of hydrogen-bond donors (Lipinski definition) is 1. The molecular weight excluding hydrogens is 146 g/mol. The van der Waals surface area contributed by atoms with Crippen molar-refractivity contribution >= 4 is 17.1 Å². The van der Waals surface area contributed by atoms with E-state index in [9.17, 15) is 4.79 Å². The summed E-state index contributed by atoms with van der Waals surface area (Å²) in [6.45, 7) is 1.81. The molecule has 3 heteroatoms. The zero-order valence-corrected chi connectivity index (χ0v) is 6.65. The van der Waals surface area contributed by atoms with Crippen LogP contribution in [-0.4, -0.2) is 11.8 Å². The topological polar surface area (TPSA) is 44.7 Å². The molecule has 0 spiro atoms. The van der Waals surface area contributed by atoms with Crippen LogP contribution in [0.2, 0.25) is 0 Å². The molecule has 0 aliphatic heterocycles. The minimum Gasteiger partial charge on any atom is -0.349 e. The van der Waals surface area contributed by atoms with Gasteiger partial charge in [-0.3, -0.25) is 4.79 Å². The van der Waals surface area contributed by atoms with Crippen LogP contribution in [0, 0.1) is 0 Å². The van der Waals surface area contributed by atoms with E-state index in [4.69, 9.17) is 0 Å². The van der Waals surface area contributed by atoms with Gasteiger partial charge in [0.25, 0.3) is 0 Å². The van der Waals surface area contributed by atoms with Gasteiger partial charge >= 0.3 is 0 Å². The van der Waals surface area contributed by atoms with Crippen LogP contribution in [0.4, 0.5) is 0 Å². The molecule has 0 amide bonds. The van der Waals surface area contributed by atoms with Gasteiger partial charge in [0, 0.05) is 0 Å². The molecule has 0 aromatic carbocycles. The van der Waals surface area contributed by atoms with Crippen molar-refractivity contribution in [2.24, 2.45) is 0 Å². The summed E-state index contributed by atoms with van der Waals surface area (Å²) in [4.78, 5) is 12.0. The average Bonchev–Trinajstić information content (AvgIpc) is 2.36. The van der Waals surface area contributed by atoms with E-state index in [1.54, 1.807) is 0 Å². The van der Waals surface area contributed by atoms with E-state index in [0.29, 0.717) is 0 Å². The number of carbonyl (C=O) groups excluding carboxylic acids is 1. The van der Waals surface area contributed by atoms with Gasteiger partial charge in [-0.15, -0.1) is 11.3 Å². The van der Waals surface area contributed by atoms with Crippen molar-refractivity contribution in [1.29, 1.82) is 0 Å². The minimum absolute atomic E-state index is 0.126. The van der Waals surface area contributed by atoms with Crippen molar-refractivity contribution in [3.8, 4) is 0 Å². The summed E-state index contributed by atoms with van der Waals surface area (Å²) in [5, 5.41) is 1.90. The highest BCUT2D eigenvalue weighted by molar-refractivity contribution is 7.12. The number of ketones is 1. The Bertz CT molecular complexity index is 216. The standard InChI is InChI=1S/C7H9NOS/c1-5(8)7(9)6-3-2-4-10-6/h2-5H,8H2,1H3/p+1. The summed E-state index contributed by atoms with van der Waals surface area (Å²) < 4.78 is 0. The first kappa shape index (κ1) is 7.44. The SMILES string of the molecule is CC([NH3+])C(=O)c1cccs1. The zero-order valence-electron chi connectivity index (χ0n) is 5.83. The van der Waals surface area contributed by atoms with Crippen molar-refractivity contribution in [2.75, 3.05) is 0 Å². The zero-order chi connectivity index (χ0) is 7.56. The molecule has 1 unspecified atom stereocenters. The third-order valence-electron chi connectivity index (χ3n) is 1.21. The van der Waals surface area contributed by atoms with Crippen LogP contribution in [0.3, 0.4) is 0 Å². The maximum Gasteiger partial charge on any atom is 0.229 e. The van der Waals surface area contributed by atoms with Crippen molar-refractivity contribution in [2.45, 2.75) is 13.0 Å². The van der Waals surface area contributed by atoms with Crippen LogP contribution in [0.5, 0.6) is 0 Å². The third kappa shape index (κ3) is 1.43. The Morgan fingerprint density at radius 1 is 1.80 bits per heavy atom. The Kier molecular flexibility index (Phi) is 2.19. The minimum atomic E-state index is -0.126. The van der Waals surface area contributed by atoms with Gasteiger partial charge in [-0.1, -0.05) is 6.07 Å². The van der Waals surface area contributed by atoms with Crippen molar-refractivity contribution in [1.82, 2.24) is 0 Å². The first-order valence-electron chi connectivity index (χ1n) is 3.12. The molecule has 54 valence electrons. The van der Waals surface area contributed by atoms with E-state index in [-0.39, 0.29) is 11.8 Å². The maximum atomic E-state index is 11.2. The maximum absolute atomic E-state index is 11.2. The van der Waals surface area contributed by atoms with E-state index in [2.05, 4.69) is 5.73 Å². The van der Waals surface area contributed by atoms with Gasteiger partial charge < -0.3 is 5.73 Å². The van der Waals surface area contributed by atoms with Gasteiger partial charge in [0.2, 0.25) is 5.78 Å². The van der Waals surface area contributed by atoms with Gasteiger partial charge in [-0.05, 0) is 18.4 Å². The van der Waals surface area contributed by atoms with E-state index >= 15 is 0 Å². The van der Waals surface area contributed by atoms with Crippen molar-refractivity contribution in [3.63, 3.8) is 0 Å². The van der Waals surface area contributed by atoms with E-state index in [1.807, 2.05) is 24.4 Å². The van der Waals surface area contributed by atoms with E-state index in [0.717, 1.165) is 4.88 Å². The molecule has 2 nitrogen and oxygen atoms in total. The first-order chi connectivity index (χ1) is 4.72. The number of hydrogen-bond acceptors (Lipinski definition) is 2. The monoisotopic (exact) mass is 156 g/mol. The first-order valence-corrected chi connectivity index (χ1v) is 4.00. The van der Waals surface area contributed by atoms with Gasteiger partial charge in [-0.25, -0.2) is 0 Å². The molecule has 1 aromatic heterocycles. The fraction of sp³-hybridized carbons (Fsp3) is 0.286. The highest BCUT2D eigenvalue weighted by Gasteiger charge is 2.13. The second-order valence-corrected chi connectivity index (χ2v) is 3.19. The van der Waals surface area contributed by atoms with Crippen LogP contribution < -0.4 is 5.73 Å². The summed E-state index contributed by atoms with van der Waals surface area (Å²) in [5.74, 6) is 0.134. The summed E-state index contributed by atoms with van der Waals surface area (Å²) in [7, 11) is 0. The molecule has 0 saturated carbocycles. The van der Waals surface area contributed by atoms with Crippen LogP contribution in [0.15, 0.2) is 17.5 Å². The third-order valence-corrected chi connectivity index (χ3v) is 2.10. The highest BCUT2D eigenvalue weighted by Crippen LogP contribution is 2.09. The second-order valence-electron chi connectivity index (χ2n) is 2.24. The molecule has 1 heterocycles. The predicted octanol–water partition coefficient (Wildman–Crippen LogP) is 0.561. The molecule has 0 saturated heterocycles. The number of rotatable bonds is 2. The predicted molar refractivity (Wildman–Crippen MR) is 41.0 cm³/mol. The normalized spacial score (nSPS) is 13.0. The van der Waals surface area contributed by atoms with E-state index < -0.39 is 0 Å². The molecule has 0 aliphatic carbocycles. The van der Waals surface area contributed by atoms with Crippen LogP contribution >= 0.6 is 11.3 Å². The Labute approximate surface area is 63.7 Å². The molecule has 1 atom stereocenters. The molecule has 1 rings (SSSR count). The second kappa shape index (κ2) is 2.94. The highest BCUT2D eigenvalue weighted by atomic mass is 32.1. The van der Waals surface area contributed by atoms with Gasteiger partial charge in [0.15, 0.2) is 0 Å². The number of quaternary nitrogens is 1. The Balaban J connectivity index is 2.78. The smallest absolute Gasteiger partial charge is 0.229 e. The van der Waals surface area contributed by atoms with E-state index in [1.165, 1.54) is 11.3 Å².